The smallest absolute Gasteiger partial charge is 0.270 e. The number of hydrogen-bond donors (Lipinski definition) is 1. The molecule has 1 unspecified atom stereocenters. The first kappa shape index (κ1) is 15.0. The van der Waals surface area contributed by atoms with Crippen molar-refractivity contribution < 1.29 is 14.1 Å². The van der Waals surface area contributed by atoms with E-state index in [9.17, 15) is 19.3 Å². The van der Waals surface area contributed by atoms with Gasteiger partial charge in [0.2, 0.25) is 0 Å². The lowest BCUT2D eigenvalue weighted by molar-refractivity contribution is -0.384. The molecule has 1 aromatic carbocycles. The van der Waals surface area contributed by atoms with Gasteiger partial charge in [-0.25, -0.2) is 9.37 Å². The number of benzene rings is 1. The second kappa shape index (κ2) is 6.40. The van der Waals surface area contributed by atoms with Gasteiger partial charge in [-0.2, -0.15) is 0 Å². The number of amides is 1. The van der Waals surface area contributed by atoms with Gasteiger partial charge in [0.15, 0.2) is 0 Å². The number of hydrogen-bond acceptors (Lipinski definition) is 5. The quantitative estimate of drug-likeness (QED) is 0.679. The minimum atomic E-state index is -0.799. The van der Waals surface area contributed by atoms with E-state index in [-0.39, 0.29) is 17.3 Å². The van der Waals surface area contributed by atoms with Crippen LogP contribution in [0.2, 0.25) is 0 Å². The molecule has 6 nitrogen and oxygen atoms in total. The zero-order chi connectivity index (χ0) is 15.4. The molecule has 0 saturated carbocycles. The normalized spacial score (nSPS) is 11.9. The Hall–Kier alpha value is -2.35. The molecular formula is C13H12FN3O3S. The molecule has 21 heavy (non-hydrogen) atoms. The highest BCUT2D eigenvalue weighted by molar-refractivity contribution is 7.09. The molecule has 0 saturated heterocycles. The second-order valence-electron chi connectivity index (χ2n) is 4.23. The van der Waals surface area contributed by atoms with Gasteiger partial charge in [0.25, 0.3) is 11.6 Å². The van der Waals surface area contributed by atoms with Crippen molar-refractivity contribution in [3.63, 3.8) is 0 Å². The predicted octanol–water partition coefficient (Wildman–Crippen LogP) is 3.07. The van der Waals surface area contributed by atoms with Crippen molar-refractivity contribution in [3.8, 4) is 0 Å². The van der Waals surface area contributed by atoms with Crippen LogP contribution in [-0.4, -0.2) is 15.8 Å². The highest BCUT2D eigenvalue weighted by Gasteiger charge is 2.21. The molecule has 0 aliphatic carbocycles. The van der Waals surface area contributed by atoms with Gasteiger partial charge in [-0.15, -0.1) is 11.3 Å². The van der Waals surface area contributed by atoms with Gasteiger partial charge in [0.1, 0.15) is 10.8 Å². The van der Waals surface area contributed by atoms with E-state index in [0.717, 1.165) is 18.2 Å². The first-order valence-electron chi connectivity index (χ1n) is 6.17. The molecule has 2 aromatic rings. The Labute approximate surface area is 123 Å². The van der Waals surface area contributed by atoms with Gasteiger partial charge < -0.3 is 5.32 Å². The van der Waals surface area contributed by atoms with E-state index in [4.69, 9.17) is 0 Å². The van der Waals surface area contributed by atoms with Gasteiger partial charge >= 0.3 is 0 Å². The highest BCUT2D eigenvalue weighted by atomic mass is 32.1. The molecule has 0 radical (unpaired) electrons. The molecule has 0 spiro atoms. The molecule has 0 aliphatic heterocycles. The number of non-ortho nitro benzene ring substituents is 1. The molecule has 1 heterocycles. The number of nitro groups is 1. The second-order valence-corrected chi connectivity index (χ2v) is 5.15. The molecule has 0 aliphatic rings. The molecule has 2 rings (SSSR count). The fraction of sp³-hybridized carbons (Fsp3) is 0.231. The summed E-state index contributed by atoms with van der Waals surface area (Å²) in [6.07, 6.45) is 2.19. The maximum atomic E-state index is 13.7. The minimum absolute atomic E-state index is 0.330. The standard InChI is InChI=1S/C13H12FN3O3S/c1-2-11(13-15-5-6-21-13)16-12(18)9-7-8(17(19)20)3-4-10(9)14/h3-7,11H,2H2,1H3,(H,16,18). The van der Waals surface area contributed by atoms with Crippen LogP contribution >= 0.6 is 11.3 Å². The van der Waals surface area contributed by atoms with Crippen molar-refractivity contribution in [3.05, 3.63) is 56.3 Å². The first-order chi connectivity index (χ1) is 10.0. The van der Waals surface area contributed by atoms with E-state index in [2.05, 4.69) is 10.3 Å². The number of aromatic nitrogens is 1. The third-order valence-electron chi connectivity index (χ3n) is 2.87. The van der Waals surface area contributed by atoms with Gasteiger partial charge in [0.05, 0.1) is 16.5 Å². The van der Waals surface area contributed by atoms with Crippen LogP contribution < -0.4 is 5.32 Å². The van der Waals surface area contributed by atoms with Crippen LogP contribution in [0.4, 0.5) is 10.1 Å². The van der Waals surface area contributed by atoms with Crippen LogP contribution in [0, 0.1) is 15.9 Å². The number of nitrogens with one attached hydrogen (secondary N) is 1. The van der Waals surface area contributed by atoms with Crippen LogP contribution in [0.15, 0.2) is 29.8 Å². The summed E-state index contributed by atoms with van der Waals surface area (Å²) in [5.74, 6) is -1.50. The minimum Gasteiger partial charge on any atom is -0.343 e. The molecule has 8 heteroatoms. The van der Waals surface area contributed by atoms with Crippen LogP contribution in [-0.2, 0) is 0 Å². The summed E-state index contributed by atoms with van der Waals surface area (Å²) in [5, 5.41) is 15.8. The molecule has 0 bridgehead atoms. The van der Waals surface area contributed by atoms with Gasteiger partial charge in [0, 0.05) is 23.7 Å². The lowest BCUT2D eigenvalue weighted by Gasteiger charge is -2.14. The van der Waals surface area contributed by atoms with Gasteiger partial charge in [-0.1, -0.05) is 6.92 Å². The number of thiazole rings is 1. The molecule has 110 valence electrons. The van der Waals surface area contributed by atoms with Crippen molar-refractivity contribution in [2.24, 2.45) is 0 Å². The van der Waals surface area contributed by atoms with Crippen LogP contribution in [0.5, 0.6) is 0 Å². The predicted molar refractivity (Wildman–Crippen MR) is 75.7 cm³/mol. The zero-order valence-corrected chi connectivity index (χ0v) is 11.9. The largest absolute Gasteiger partial charge is 0.343 e. The average Bonchev–Trinajstić information content (AvgIpc) is 2.98. The Morgan fingerprint density at radius 2 is 2.33 bits per heavy atom. The fourth-order valence-electron chi connectivity index (χ4n) is 1.78. The van der Waals surface area contributed by atoms with Crippen LogP contribution in [0.1, 0.15) is 34.8 Å². The van der Waals surface area contributed by atoms with E-state index >= 15 is 0 Å². The lowest BCUT2D eigenvalue weighted by atomic mass is 10.1. The third-order valence-corrected chi connectivity index (χ3v) is 3.76. The molecule has 1 atom stereocenters. The Bertz CT molecular complexity index is 661. The van der Waals surface area contributed by atoms with Crippen molar-refractivity contribution in [1.29, 1.82) is 0 Å². The lowest BCUT2D eigenvalue weighted by Crippen LogP contribution is -2.28. The number of carbonyl (C=O) groups excluding carboxylic acids is 1. The summed E-state index contributed by atoms with van der Waals surface area (Å²) in [6.45, 7) is 1.86. The number of halogens is 1. The van der Waals surface area contributed by atoms with Crippen molar-refractivity contribution in [2.75, 3.05) is 0 Å². The fourth-order valence-corrected chi connectivity index (χ4v) is 2.55. The van der Waals surface area contributed by atoms with Gasteiger partial charge in [-0.05, 0) is 12.5 Å². The Morgan fingerprint density at radius 1 is 1.57 bits per heavy atom. The first-order valence-corrected chi connectivity index (χ1v) is 7.05. The number of nitro benzene ring substituents is 1. The highest BCUT2D eigenvalue weighted by Crippen LogP contribution is 2.21. The summed E-state index contributed by atoms with van der Waals surface area (Å²) in [6, 6.07) is 2.51. The summed E-state index contributed by atoms with van der Waals surface area (Å²) in [4.78, 5) is 26.2. The maximum absolute atomic E-state index is 13.7. The summed E-state index contributed by atoms with van der Waals surface area (Å²) in [5.41, 5.74) is -0.678. The monoisotopic (exact) mass is 309 g/mol. The summed E-state index contributed by atoms with van der Waals surface area (Å²) >= 11 is 1.38. The maximum Gasteiger partial charge on any atom is 0.270 e. The molecule has 1 aromatic heterocycles. The summed E-state index contributed by atoms with van der Waals surface area (Å²) < 4.78 is 13.7. The van der Waals surface area contributed by atoms with Crippen molar-refractivity contribution in [2.45, 2.75) is 19.4 Å². The Morgan fingerprint density at radius 3 is 2.90 bits per heavy atom. The number of rotatable bonds is 5. The molecule has 0 fully saturated rings. The zero-order valence-electron chi connectivity index (χ0n) is 11.1. The molecule has 1 N–H and O–H groups in total. The topological polar surface area (TPSA) is 85.1 Å². The van der Waals surface area contributed by atoms with E-state index in [1.54, 1.807) is 11.6 Å². The Kier molecular flexibility index (Phi) is 4.59. The number of nitrogens with zero attached hydrogens (tertiary/aromatic N) is 2. The molecular weight excluding hydrogens is 297 g/mol. The van der Waals surface area contributed by atoms with Gasteiger partial charge in [-0.3, -0.25) is 14.9 Å². The van der Waals surface area contributed by atoms with Crippen molar-refractivity contribution >= 4 is 22.9 Å². The molecule has 1 amide bonds. The van der Waals surface area contributed by atoms with E-state index in [1.807, 2.05) is 6.92 Å². The van der Waals surface area contributed by atoms with E-state index in [1.165, 1.54) is 11.3 Å². The number of carbonyl (C=O) groups is 1. The third kappa shape index (κ3) is 3.40. The van der Waals surface area contributed by atoms with E-state index < -0.39 is 16.6 Å². The SMILES string of the molecule is CCC(NC(=O)c1cc([N+](=O)[O-])ccc1F)c1nccs1. The summed E-state index contributed by atoms with van der Waals surface area (Å²) in [7, 11) is 0. The average molecular weight is 309 g/mol. The van der Waals surface area contributed by atoms with Crippen LogP contribution in [0.25, 0.3) is 0 Å². The van der Waals surface area contributed by atoms with Crippen LogP contribution in [0.3, 0.4) is 0 Å². The van der Waals surface area contributed by atoms with Crippen molar-refractivity contribution in [1.82, 2.24) is 10.3 Å². The van der Waals surface area contributed by atoms with E-state index in [0.29, 0.717) is 11.4 Å². The Balaban J connectivity index is 2.23.